The van der Waals surface area contributed by atoms with Crippen molar-refractivity contribution < 1.29 is 4.74 Å². The summed E-state index contributed by atoms with van der Waals surface area (Å²) >= 11 is 0. The Kier molecular flexibility index (Phi) is 1.46. The van der Waals surface area contributed by atoms with E-state index in [-0.39, 0.29) is 0 Å². The van der Waals surface area contributed by atoms with E-state index in [0.717, 1.165) is 12.6 Å². The summed E-state index contributed by atoms with van der Waals surface area (Å²) in [7, 11) is 0. The summed E-state index contributed by atoms with van der Waals surface area (Å²) in [6.07, 6.45) is 1.84. The molecule has 0 bridgehead atoms. The first-order chi connectivity index (χ1) is 4.79. The van der Waals surface area contributed by atoms with Crippen LogP contribution in [0, 0.1) is 0 Å². The van der Waals surface area contributed by atoms with Crippen molar-refractivity contribution in [3.63, 3.8) is 0 Å². The highest BCUT2D eigenvalue weighted by atomic mass is 16.5. The molecule has 2 heteroatoms. The lowest BCUT2D eigenvalue weighted by Crippen LogP contribution is -2.60. The van der Waals surface area contributed by atoms with E-state index in [4.69, 9.17) is 4.74 Å². The maximum atomic E-state index is 5.49. The van der Waals surface area contributed by atoms with Crippen LogP contribution < -0.4 is 0 Å². The van der Waals surface area contributed by atoms with Crippen molar-refractivity contribution in [1.82, 2.24) is 4.90 Å². The maximum absolute atomic E-state index is 5.49. The van der Waals surface area contributed by atoms with Gasteiger partial charge in [-0.05, 0) is 20.3 Å². The van der Waals surface area contributed by atoms with Crippen molar-refractivity contribution >= 4 is 0 Å². The molecule has 10 heavy (non-hydrogen) atoms. The summed E-state index contributed by atoms with van der Waals surface area (Å²) in [6.45, 7) is 6.67. The fourth-order valence-electron chi connectivity index (χ4n) is 1.99. The molecule has 0 radical (unpaired) electrons. The molecule has 58 valence electrons. The number of fused-ring (bicyclic) bond motifs is 1. The first-order valence-corrected chi connectivity index (χ1v) is 4.16. The zero-order valence-corrected chi connectivity index (χ0v) is 6.71. The Bertz CT molecular complexity index is 135. The zero-order chi connectivity index (χ0) is 7.14. The predicted molar refractivity (Wildman–Crippen MR) is 40.0 cm³/mol. The van der Waals surface area contributed by atoms with Crippen LogP contribution >= 0.6 is 0 Å². The molecule has 0 saturated carbocycles. The minimum absolute atomic E-state index is 0.586. The number of hydrogen-bond acceptors (Lipinski definition) is 2. The molecule has 0 unspecified atom stereocenters. The van der Waals surface area contributed by atoms with Gasteiger partial charge in [-0.2, -0.15) is 0 Å². The van der Waals surface area contributed by atoms with E-state index in [9.17, 15) is 0 Å². The Morgan fingerprint density at radius 2 is 2.30 bits per heavy atom. The lowest BCUT2D eigenvalue weighted by atomic mass is 9.97. The molecule has 0 spiro atoms. The first kappa shape index (κ1) is 6.62. The monoisotopic (exact) mass is 141 g/mol. The second-order valence-corrected chi connectivity index (χ2v) is 3.56. The summed E-state index contributed by atoms with van der Waals surface area (Å²) in [6, 6.07) is 1.47. The number of ether oxygens (including phenoxy) is 1. The van der Waals surface area contributed by atoms with Crippen LogP contribution in [-0.2, 0) is 4.74 Å². The number of hydrogen-bond donors (Lipinski definition) is 0. The second-order valence-electron chi connectivity index (χ2n) is 3.56. The topological polar surface area (TPSA) is 12.5 Å². The van der Waals surface area contributed by atoms with Crippen LogP contribution in [0.1, 0.15) is 20.3 Å². The molecule has 0 aromatic carbocycles. The lowest BCUT2D eigenvalue weighted by Gasteiger charge is -2.45. The average molecular weight is 141 g/mol. The van der Waals surface area contributed by atoms with E-state index >= 15 is 0 Å². The molecule has 2 heterocycles. The summed E-state index contributed by atoms with van der Waals surface area (Å²) in [5.74, 6) is 0. The van der Waals surface area contributed by atoms with E-state index in [1.54, 1.807) is 0 Å². The minimum Gasteiger partial charge on any atom is -0.375 e. The van der Waals surface area contributed by atoms with E-state index in [1.807, 2.05) is 0 Å². The van der Waals surface area contributed by atoms with Crippen molar-refractivity contribution in [1.29, 1.82) is 0 Å². The molecule has 0 N–H and O–H groups in total. The summed E-state index contributed by atoms with van der Waals surface area (Å²) in [5, 5.41) is 0. The molecule has 2 fully saturated rings. The fourth-order valence-corrected chi connectivity index (χ4v) is 1.99. The van der Waals surface area contributed by atoms with Gasteiger partial charge in [0.05, 0.1) is 6.10 Å². The van der Waals surface area contributed by atoms with Gasteiger partial charge in [0.2, 0.25) is 0 Å². The van der Waals surface area contributed by atoms with E-state index in [1.165, 1.54) is 13.0 Å². The van der Waals surface area contributed by atoms with Gasteiger partial charge in [0.15, 0.2) is 0 Å². The van der Waals surface area contributed by atoms with Gasteiger partial charge in [-0.3, -0.25) is 4.90 Å². The molecular weight excluding hydrogens is 126 g/mol. The highest BCUT2D eigenvalue weighted by Gasteiger charge is 2.44. The molecule has 0 aromatic heterocycles. The highest BCUT2D eigenvalue weighted by molar-refractivity contribution is 4.97. The summed E-state index contributed by atoms with van der Waals surface area (Å²) in [4.78, 5) is 2.53. The quantitative estimate of drug-likeness (QED) is 0.537. The normalized spacial score (nSPS) is 39.9. The molecule has 2 aliphatic heterocycles. The van der Waals surface area contributed by atoms with Gasteiger partial charge in [0, 0.05) is 25.2 Å². The van der Waals surface area contributed by atoms with Crippen molar-refractivity contribution in [3.05, 3.63) is 0 Å². The highest BCUT2D eigenvalue weighted by Crippen LogP contribution is 2.31. The Morgan fingerprint density at radius 1 is 1.50 bits per heavy atom. The molecule has 2 aliphatic rings. The summed E-state index contributed by atoms with van der Waals surface area (Å²) < 4.78 is 5.49. The third-order valence-corrected chi connectivity index (χ3v) is 2.65. The van der Waals surface area contributed by atoms with Gasteiger partial charge in [0.25, 0.3) is 0 Å². The maximum Gasteiger partial charge on any atom is 0.0858 e. The van der Waals surface area contributed by atoms with Crippen LogP contribution in [0.15, 0.2) is 0 Å². The van der Waals surface area contributed by atoms with E-state index in [0.29, 0.717) is 12.1 Å². The first-order valence-electron chi connectivity index (χ1n) is 4.16. The minimum atomic E-state index is 0.586. The van der Waals surface area contributed by atoms with Gasteiger partial charge in [-0.25, -0.2) is 0 Å². The van der Waals surface area contributed by atoms with E-state index < -0.39 is 0 Å². The summed E-state index contributed by atoms with van der Waals surface area (Å²) in [5.41, 5.74) is 0. The average Bonchev–Trinajstić information content (AvgIpc) is 2.11. The van der Waals surface area contributed by atoms with Crippen LogP contribution in [0.3, 0.4) is 0 Å². The van der Waals surface area contributed by atoms with Crippen molar-refractivity contribution in [2.45, 2.75) is 38.5 Å². The van der Waals surface area contributed by atoms with Crippen LogP contribution in [0.4, 0.5) is 0 Å². The second kappa shape index (κ2) is 2.21. The zero-order valence-electron chi connectivity index (χ0n) is 6.71. The third kappa shape index (κ3) is 0.789. The molecule has 2 nitrogen and oxygen atoms in total. The van der Waals surface area contributed by atoms with Crippen LogP contribution in [0.25, 0.3) is 0 Å². The van der Waals surface area contributed by atoms with Crippen LogP contribution in [0.5, 0.6) is 0 Å². The number of nitrogens with zero attached hydrogens (tertiary/aromatic N) is 1. The van der Waals surface area contributed by atoms with Gasteiger partial charge >= 0.3 is 0 Å². The Balaban J connectivity index is 1.94. The van der Waals surface area contributed by atoms with Crippen LogP contribution in [0.2, 0.25) is 0 Å². The molecule has 0 aliphatic carbocycles. The fraction of sp³-hybridized carbons (Fsp3) is 1.00. The van der Waals surface area contributed by atoms with Gasteiger partial charge in [0.1, 0.15) is 0 Å². The molecule has 0 aromatic rings. The van der Waals surface area contributed by atoms with Crippen LogP contribution in [-0.4, -0.2) is 36.2 Å². The largest absolute Gasteiger partial charge is 0.375 e. The van der Waals surface area contributed by atoms with Crippen molar-refractivity contribution in [2.75, 3.05) is 13.2 Å². The number of rotatable bonds is 1. The van der Waals surface area contributed by atoms with Crippen molar-refractivity contribution in [2.24, 2.45) is 0 Å². The van der Waals surface area contributed by atoms with Gasteiger partial charge < -0.3 is 4.74 Å². The van der Waals surface area contributed by atoms with E-state index in [2.05, 4.69) is 18.7 Å². The molecule has 2 atom stereocenters. The lowest BCUT2D eigenvalue weighted by molar-refractivity contribution is -0.0556. The van der Waals surface area contributed by atoms with Crippen molar-refractivity contribution in [3.8, 4) is 0 Å². The van der Waals surface area contributed by atoms with Gasteiger partial charge in [-0.1, -0.05) is 0 Å². The van der Waals surface area contributed by atoms with Gasteiger partial charge in [-0.15, -0.1) is 0 Å². The molecule has 2 saturated heterocycles. The SMILES string of the molecule is CC(C)N1C[C@H]2OCC[C@H]21. The Hall–Kier alpha value is -0.0800. The molecule has 0 amide bonds. The standard InChI is InChI=1S/C8H15NO/c1-6(2)9-5-8-7(9)3-4-10-8/h6-8H,3-5H2,1-2H3/t7-,8-/m1/s1. The predicted octanol–water partition coefficient (Wildman–Crippen LogP) is 0.868. The smallest absolute Gasteiger partial charge is 0.0858 e. The Labute approximate surface area is 62.2 Å². The number of likely N-dealkylation sites (tertiary alicyclic amines) is 1. The third-order valence-electron chi connectivity index (χ3n) is 2.65. The Morgan fingerprint density at radius 3 is 2.90 bits per heavy atom. The molecule has 2 rings (SSSR count). The molecular formula is C8H15NO.